The number of hydrogen-bond acceptors (Lipinski definition) is 18. The summed E-state index contributed by atoms with van der Waals surface area (Å²) in [6, 6.07) is -2.60. The monoisotopic (exact) mass is 1430 g/mol. The van der Waals surface area contributed by atoms with Crippen LogP contribution in [0.5, 0.6) is 0 Å². The quantitative estimate of drug-likeness (QED) is 0.0248. The fraction of sp³-hybridized carbons (Fsp3) is 0.688. The Bertz CT molecular complexity index is 2830. The SMILES string of the molecule is CC(C)(C)[Si](F)(c1ccc(C(=O)NC[C@@H](NC(=O)CC[C@@H](C(=O)O)N2CCN(CC(=O)O)CCN(CC(=O)O)CCN(CC(=O)O)CC2)C(=O)N[C@@H](CCCCCNC(=O)CCCCCCC(=O)NCCCC[C@H](NC(=O)N[C@@H](CCC(=O)O)C(=O)O)C(=O)O)C(=O)O)cc1)C(C)(C)C. The first-order valence-corrected chi connectivity index (χ1v) is 35.2. The third-order valence-corrected chi connectivity index (χ3v) is 22.1. The molecule has 0 aliphatic carbocycles. The summed E-state index contributed by atoms with van der Waals surface area (Å²) in [5.41, 5.74) is 0.0792. The van der Waals surface area contributed by atoms with E-state index in [0.717, 1.165) is 0 Å². The molecule has 0 aromatic heterocycles. The molecular formula is C64H104FN11O22Si. The van der Waals surface area contributed by atoms with Crippen LogP contribution in [0.3, 0.4) is 0 Å². The topological polar surface area (TPSA) is 498 Å². The first kappa shape index (κ1) is 86.7. The average Bonchev–Trinajstić information content (AvgIpc) is 0.749. The van der Waals surface area contributed by atoms with E-state index in [4.69, 9.17) is 5.11 Å². The second-order valence-electron chi connectivity index (χ2n) is 26.7. The molecule has 5 atom stereocenters. The van der Waals surface area contributed by atoms with E-state index < -0.39 is 172 Å². The number of carbonyl (C=O) groups excluding carboxylic acids is 6. The van der Waals surface area contributed by atoms with Crippen molar-refractivity contribution in [2.24, 2.45) is 0 Å². The van der Waals surface area contributed by atoms with Gasteiger partial charge in [-0.25, -0.2) is 19.2 Å². The number of carboxylic acids is 8. The number of halogens is 1. The Morgan fingerprint density at radius 3 is 1.24 bits per heavy atom. The number of hydrogen-bond donors (Lipinski definition) is 15. The molecule has 35 heteroatoms. The second kappa shape index (κ2) is 43.9. The van der Waals surface area contributed by atoms with Crippen LogP contribution in [0, 0.1) is 0 Å². The predicted octanol–water partition coefficient (Wildman–Crippen LogP) is 1.28. The number of rotatable bonds is 44. The Morgan fingerprint density at radius 2 is 0.828 bits per heavy atom. The molecule has 1 aromatic carbocycles. The summed E-state index contributed by atoms with van der Waals surface area (Å²) in [7, 11) is -3.74. The molecule has 1 saturated heterocycles. The molecule has 0 radical (unpaired) electrons. The van der Waals surface area contributed by atoms with E-state index in [1.54, 1.807) is 12.1 Å². The van der Waals surface area contributed by atoms with Gasteiger partial charge in [0.1, 0.15) is 30.2 Å². The molecule has 15 N–H and O–H groups in total. The zero-order valence-electron chi connectivity index (χ0n) is 57.6. The van der Waals surface area contributed by atoms with E-state index in [1.165, 1.54) is 31.7 Å². The lowest BCUT2D eigenvalue weighted by atomic mass is 10.1. The molecular weight excluding hydrogens is 1320 g/mol. The maximum absolute atomic E-state index is 17.1. The summed E-state index contributed by atoms with van der Waals surface area (Å²) in [6.07, 6.45) is 2.56. The molecule has 0 spiro atoms. The van der Waals surface area contributed by atoms with Crippen LogP contribution in [-0.2, 0) is 57.5 Å². The Labute approximate surface area is 576 Å². The molecule has 1 aromatic rings. The highest BCUT2D eigenvalue weighted by atomic mass is 28.4. The van der Waals surface area contributed by atoms with Gasteiger partial charge in [0.05, 0.1) is 19.6 Å². The lowest BCUT2D eigenvalue weighted by molar-refractivity contribution is -0.145. The molecule has 0 unspecified atom stereocenters. The van der Waals surface area contributed by atoms with Gasteiger partial charge in [0.15, 0.2) is 0 Å². The Kier molecular flexibility index (Phi) is 38.4. The molecule has 33 nitrogen and oxygen atoms in total. The van der Waals surface area contributed by atoms with Gasteiger partial charge >= 0.3 is 53.8 Å². The summed E-state index contributed by atoms with van der Waals surface area (Å²) in [5, 5.41) is 93.5. The number of amides is 7. The van der Waals surface area contributed by atoms with Gasteiger partial charge in [-0.1, -0.05) is 79.4 Å². The summed E-state index contributed by atoms with van der Waals surface area (Å²) in [4.78, 5) is 180. The smallest absolute Gasteiger partial charge is 0.326 e. The van der Waals surface area contributed by atoms with E-state index >= 15 is 4.11 Å². The first-order valence-electron chi connectivity index (χ1n) is 33.3. The maximum atomic E-state index is 17.1. The fourth-order valence-corrected chi connectivity index (χ4v) is 16.2. The Balaban J connectivity index is 2.06. The molecule has 1 aliphatic heterocycles. The van der Waals surface area contributed by atoms with Crippen LogP contribution in [0.1, 0.15) is 161 Å². The number of nitrogens with one attached hydrogen (secondary N) is 7. The van der Waals surface area contributed by atoms with Crippen molar-refractivity contribution in [3.05, 3.63) is 29.8 Å². The van der Waals surface area contributed by atoms with Crippen LogP contribution < -0.4 is 42.4 Å². The lowest BCUT2D eigenvalue weighted by Crippen LogP contribution is -2.58. The molecule has 1 heterocycles. The van der Waals surface area contributed by atoms with Gasteiger partial charge in [-0.2, -0.15) is 0 Å². The number of nitrogens with zero attached hydrogens (tertiary/aromatic N) is 4. The summed E-state index contributed by atoms with van der Waals surface area (Å²) < 4.78 is 17.1. The number of carbonyl (C=O) groups is 14. The van der Waals surface area contributed by atoms with Crippen molar-refractivity contribution in [2.45, 2.75) is 191 Å². The van der Waals surface area contributed by atoms with Crippen molar-refractivity contribution >= 4 is 96.9 Å². The van der Waals surface area contributed by atoms with E-state index in [0.29, 0.717) is 50.1 Å². The van der Waals surface area contributed by atoms with Crippen LogP contribution in [0.25, 0.3) is 0 Å². The van der Waals surface area contributed by atoms with E-state index in [1.807, 2.05) is 41.5 Å². The van der Waals surface area contributed by atoms with Gasteiger partial charge in [0.2, 0.25) is 23.6 Å². The average molecular weight is 1430 g/mol. The number of aliphatic carboxylic acids is 8. The van der Waals surface area contributed by atoms with Gasteiger partial charge in [-0.15, -0.1) is 0 Å². The van der Waals surface area contributed by atoms with Crippen LogP contribution in [0.4, 0.5) is 8.90 Å². The highest BCUT2D eigenvalue weighted by molar-refractivity contribution is 6.90. The first-order chi connectivity index (χ1) is 46.3. The molecule has 1 fully saturated rings. The minimum absolute atomic E-state index is 0.0257. The van der Waals surface area contributed by atoms with Crippen LogP contribution >= 0.6 is 0 Å². The summed E-state index contributed by atoms with van der Waals surface area (Å²) in [6.45, 7) is 9.54. The lowest BCUT2D eigenvalue weighted by Gasteiger charge is -2.44. The van der Waals surface area contributed by atoms with Gasteiger partial charge < -0.3 is 82.2 Å². The molecule has 7 amide bonds. The van der Waals surface area contributed by atoms with Crippen molar-refractivity contribution in [3.63, 3.8) is 0 Å². The third-order valence-electron chi connectivity index (χ3n) is 16.8. The van der Waals surface area contributed by atoms with Crippen LogP contribution in [0.15, 0.2) is 24.3 Å². The molecule has 2 rings (SSSR count). The highest BCUT2D eigenvalue weighted by Gasteiger charge is 2.56. The fourth-order valence-electron chi connectivity index (χ4n) is 11.6. The molecule has 0 saturated carbocycles. The number of unbranched alkanes of at least 4 members (excludes halogenated alkanes) is 6. The third kappa shape index (κ3) is 33.8. The normalized spacial score (nSPS) is 15.5. The predicted molar refractivity (Wildman–Crippen MR) is 358 cm³/mol. The van der Waals surface area contributed by atoms with Crippen molar-refractivity contribution in [3.8, 4) is 0 Å². The van der Waals surface area contributed by atoms with E-state index in [-0.39, 0.29) is 121 Å². The van der Waals surface area contributed by atoms with Gasteiger partial charge in [-0.05, 0) is 85.2 Å². The zero-order valence-corrected chi connectivity index (χ0v) is 58.6. The van der Waals surface area contributed by atoms with Gasteiger partial charge in [0, 0.05) is 103 Å². The standard InChI is InChI=1S/C64H104FN11O22Si/c1-63(2,3)99(65,64(4,5)6)43-22-20-42(21-23-43)56(88)68-38-47(69-51(79)26-25-48(61(96)97)76-36-34-74(40-54(84)85)32-30-73(39-53(82)83)31-33-75(35-37-76)41-55(86)87)57(89)70-44(58(90)91)16-10-9-14-28-66-49(77)18-11-7-8-12-19-50(78)67-29-15-13-17-45(59(92)93)71-62(98)72-46(60(94)95)24-27-52(80)81/h20-23,44-48H,7-19,24-41H2,1-6H3,(H,66,77)(H,67,78)(H,68,88)(H,69,79)(H,70,89)(H,80,81)(H,82,83)(H,84,85)(H,86,87)(H,90,91)(H,92,93)(H,94,95)(H,96,97)(H2,71,72,98)/t44-,45-,46-,47+,48-/m0/s1. The molecule has 558 valence electrons. The largest absolute Gasteiger partial charge is 0.481 e. The minimum atomic E-state index is -3.74. The number of benzene rings is 1. The number of urea groups is 1. The number of carboxylic acid groups (broad SMARTS) is 8. The van der Waals surface area contributed by atoms with E-state index in [2.05, 4.69) is 37.2 Å². The molecule has 99 heavy (non-hydrogen) atoms. The van der Waals surface area contributed by atoms with Crippen molar-refractivity contribution in [1.29, 1.82) is 0 Å². The van der Waals surface area contributed by atoms with Crippen LogP contribution in [0.2, 0.25) is 10.1 Å². The maximum Gasteiger partial charge on any atom is 0.326 e. The van der Waals surface area contributed by atoms with Crippen molar-refractivity contribution in [1.82, 2.24) is 56.8 Å². The van der Waals surface area contributed by atoms with Gasteiger partial charge in [0.25, 0.3) is 14.3 Å². The van der Waals surface area contributed by atoms with Crippen LogP contribution in [-0.4, -0.2) is 274 Å². The zero-order chi connectivity index (χ0) is 74.6. The van der Waals surface area contributed by atoms with Crippen molar-refractivity contribution in [2.75, 3.05) is 91.6 Å². The Morgan fingerprint density at radius 1 is 0.424 bits per heavy atom. The van der Waals surface area contributed by atoms with Crippen molar-refractivity contribution < 1.29 is 112 Å². The Hall–Kier alpha value is -8.41. The minimum Gasteiger partial charge on any atom is -0.481 e. The second-order valence-corrected chi connectivity index (χ2v) is 31.6. The van der Waals surface area contributed by atoms with E-state index in [9.17, 15) is 103 Å². The molecule has 1 aliphatic rings. The molecule has 0 bridgehead atoms. The summed E-state index contributed by atoms with van der Waals surface area (Å²) >= 11 is 0. The highest BCUT2D eigenvalue weighted by Crippen LogP contribution is 2.51. The summed E-state index contributed by atoms with van der Waals surface area (Å²) in [5.74, 6) is -13.6. The van der Waals surface area contributed by atoms with Gasteiger partial charge in [-0.3, -0.25) is 67.5 Å².